The Morgan fingerprint density at radius 1 is 0.767 bits per heavy atom. The van der Waals surface area contributed by atoms with Crippen molar-refractivity contribution in [1.82, 2.24) is 10.2 Å². The first kappa shape index (κ1) is 31.3. The zero-order valence-corrected chi connectivity index (χ0v) is 26.4. The van der Waals surface area contributed by atoms with Gasteiger partial charge < -0.3 is 15.3 Å². The lowest BCUT2D eigenvalue weighted by Crippen LogP contribution is -2.46. The molecule has 2 N–H and O–H groups in total. The van der Waals surface area contributed by atoms with Gasteiger partial charge in [0.05, 0.1) is 10.7 Å². The topological polar surface area (TPSA) is 72.9 Å². The summed E-state index contributed by atoms with van der Waals surface area (Å²) in [5, 5.41) is 12.7. The van der Waals surface area contributed by atoms with Crippen LogP contribution in [0.25, 0.3) is 12.2 Å². The van der Waals surface area contributed by atoms with Gasteiger partial charge in [-0.3, -0.25) is 9.69 Å². The van der Waals surface area contributed by atoms with Crippen LogP contribution < -0.4 is 10.2 Å². The zero-order valence-electron chi connectivity index (χ0n) is 24.0. The van der Waals surface area contributed by atoms with E-state index < -0.39 is 5.97 Å². The van der Waals surface area contributed by atoms with Crippen LogP contribution in [0.4, 0.5) is 5.69 Å². The van der Waals surface area contributed by atoms with Gasteiger partial charge >= 0.3 is 5.97 Å². The minimum atomic E-state index is -0.818. The predicted octanol–water partition coefficient (Wildman–Crippen LogP) is 6.81. The van der Waals surface area contributed by atoms with Gasteiger partial charge in [0.25, 0.3) is 0 Å². The summed E-state index contributed by atoms with van der Waals surface area (Å²) in [4.78, 5) is 30.4. The number of carboxylic acid groups (broad SMARTS) is 1. The van der Waals surface area contributed by atoms with Crippen molar-refractivity contribution in [3.05, 3.63) is 100 Å². The first-order valence-corrected chi connectivity index (χ1v) is 16.9. The molecule has 3 aromatic rings. The van der Waals surface area contributed by atoms with E-state index in [4.69, 9.17) is 16.7 Å². The van der Waals surface area contributed by atoms with Crippen LogP contribution in [-0.2, 0) is 9.59 Å². The number of thioether (sulfide) groups is 2. The van der Waals surface area contributed by atoms with E-state index in [1.807, 2.05) is 60.7 Å². The molecule has 3 aliphatic heterocycles. The molecular formula is C34H36ClN3O3S2. The summed E-state index contributed by atoms with van der Waals surface area (Å²) < 4.78 is 0. The number of anilines is 1. The van der Waals surface area contributed by atoms with Crippen molar-refractivity contribution in [1.29, 1.82) is 0 Å². The molecule has 0 atom stereocenters. The molecule has 0 spiro atoms. The second-order valence-electron chi connectivity index (χ2n) is 10.5. The van der Waals surface area contributed by atoms with Gasteiger partial charge in [0.2, 0.25) is 5.91 Å². The Kier molecular flexibility index (Phi) is 11.3. The summed E-state index contributed by atoms with van der Waals surface area (Å²) in [7, 11) is 0. The van der Waals surface area contributed by atoms with Crippen LogP contribution in [0.3, 0.4) is 0 Å². The van der Waals surface area contributed by atoms with Gasteiger partial charge in [-0.2, -0.15) is 0 Å². The van der Waals surface area contributed by atoms with Crippen LogP contribution in [0.2, 0.25) is 5.02 Å². The zero-order chi connectivity index (χ0) is 30.0. The smallest absolute Gasteiger partial charge is 0.332 e. The van der Waals surface area contributed by atoms with Gasteiger partial charge in [0.1, 0.15) is 0 Å². The van der Waals surface area contributed by atoms with Crippen LogP contribution in [0.15, 0.2) is 93.7 Å². The normalized spacial score (nSPS) is 16.1. The van der Waals surface area contributed by atoms with Crippen molar-refractivity contribution >= 4 is 64.8 Å². The monoisotopic (exact) mass is 633 g/mol. The number of aliphatic carboxylic acids is 1. The van der Waals surface area contributed by atoms with Crippen LogP contribution in [-0.4, -0.2) is 72.7 Å². The van der Waals surface area contributed by atoms with Gasteiger partial charge in [-0.25, -0.2) is 4.79 Å². The fraction of sp³-hybridized carbons (Fsp3) is 0.294. The van der Waals surface area contributed by atoms with Crippen LogP contribution >= 0.6 is 35.1 Å². The quantitative estimate of drug-likeness (QED) is 0.264. The van der Waals surface area contributed by atoms with E-state index in [0.717, 1.165) is 90.2 Å². The van der Waals surface area contributed by atoms with Crippen LogP contribution in [0.1, 0.15) is 24.0 Å². The number of nitrogens with zero attached hydrogens (tertiary/aromatic N) is 2. The van der Waals surface area contributed by atoms with E-state index >= 15 is 0 Å². The molecule has 1 fully saturated rings. The second-order valence-corrected chi connectivity index (χ2v) is 13.0. The second kappa shape index (κ2) is 15.5. The number of unbranched alkanes of at least 4 members (excludes halogenated alkanes) is 1. The summed E-state index contributed by atoms with van der Waals surface area (Å²) in [5.41, 5.74) is 4.64. The first-order chi connectivity index (χ1) is 21.0. The standard InChI is InChI=1S/C24H28ClN3OS.C10H8O2S/c25-21-8-2-3-9-22(21)28-15-13-27(14-16-28)12-6-5-11-26-24(29)20-17-19-7-1-4-10-23(19)30-18-20;11-10(12)8-5-7-3-1-2-4-9(7)13-6-8/h1-4,7-10,17H,5-6,11-16,18H2,(H,26,29);1-5H,6H2,(H,11,12). The third kappa shape index (κ3) is 8.70. The van der Waals surface area contributed by atoms with Gasteiger partial charge in [0.15, 0.2) is 0 Å². The maximum Gasteiger partial charge on any atom is 0.332 e. The molecular weight excluding hydrogens is 598 g/mol. The highest BCUT2D eigenvalue weighted by Crippen LogP contribution is 2.32. The highest BCUT2D eigenvalue weighted by atomic mass is 35.5. The summed E-state index contributed by atoms with van der Waals surface area (Å²) in [6.45, 7) is 5.95. The van der Waals surface area contributed by atoms with E-state index in [1.54, 1.807) is 29.6 Å². The molecule has 43 heavy (non-hydrogen) atoms. The Balaban J connectivity index is 0.000000235. The number of piperazine rings is 1. The van der Waals surface area contributed by atoms with Crippen molar-refractivity contribution in [3.63, 3.8) is 0 Å². The molecule has 6 rings (SSSR count). The maximum atomic E-state index is 12.5. The number of para-hydroxylation sites is 1. The summed E-state index contributed by atoms with van der Waals surface area (Å²) in [5.74, 6) is 0.567. The molecule has 0 aliphatic carbocycles. The lowest BCUT2D eigenvalue weighted by molar-refractivity contribution is -0.132. The van der Waals surface area contributed by atoms with E-state index in [0.29, 0.717) is 11.3 Å². The third-order valence-corrected chi connectivity index (χ3v) is 10.2. The molecule has 1 amide bonds. The van der Waals surface area contributed by atoms with Gasteiger partial charge in [-0.05, 0) is 66.9 Å². The molecule has 3 heterocycles. The lowest BCUT2D eigenvalue weighted by Gasteiger charge is -2.36. The highest BCUT2D eigenvalue weighted by molar-refractivity contribution is 8.00. The summed E-state index contributed by atoms with van der Waals surface area (Å²) in [6, 6.07) is 24.1. The highest BCUT2D eigenvalue weighted by Gasteiger charge is 2.19. The van der Waals surface area contributed by atoms with E-state index in [2.05, 4.69) is 33.3 Å². The number of benzene rings is 3. The van der Waals surface area contributed by atoms with Crippen molar-refractivity contribution in [3.8, 4) is 0 Å². The molecule has 0 radical (unpaired) electrons. The molecule has 9 heteroatoms. The molecule has 3 aromatic carbocycles. The Hall–Kier alpha value is -3.17. The van der Waals surface area contributed by atoms with Crippen molar-refractivity contribution in [2.24, 2.45) is 0 Å². The molecule has 6 nitrogen and oxygen atoms in total. The number of amides is 1. The van der Waals surface area contributed by atoms with Crippen LogP contribution in [0.5, 0.6) is 0 Å². The van der Waals surface area contributed by atoms with E-state index in [-0.39, 0.29) is 5.91 Å². The molecule has 0 unspecified atom stereocenters. The molecule has 0 bridgehead atoms. The molecule has 0 saturated carbocycles. The maximum absolute atomic E-state index is 12.5. The van der Waals surface area contributed by atoms with Gasteiger partial charge in [0, 0.05) is 65.2 Å². The SMILES string of the molecule is O=C(NCCCCN1CCN(c2ccccc2Cl)CC1)C1=Cc2ccccc2SC1.O=C(O)C1=Cc2ccccc2SC1. The minimum Gasteiger partial charge on any atom is -0.478 e. The van der Waals surface area contributed by atoms with Gasteiger partial charge in [-0.15, -0.1) is 23.5 Å². The Morgan fingerprint density at radius 3 is 2.00 bits per heavy atom. The van der Waals surface area contributed by atoms with Crippen LogP contribution in [0, 0.1) is 0 Å². The Labute approximate surface area is 267 Å². The fourth-order valence-corrected chi connectivity index (χ4v) is 7.42. The van der Waals surface area contributed by atoms with Crippen molar-refractivity contribution in [2.75, 3.05) is 55.7 Å². The summed E-state index contributed by atoms with van der Waals surface area (Å²) >= 11 is 9.64. The van der Waals surface area contributed by atoms with Gasteiger partial charge in [-0.1, -0.05) is 60.1 Å². The number of rotatable bonds is 8. The number of hydrogen-bond acceptors (Lipinski definition) is 6. The first-order valence-electron chi connectivity index (χ1n) is 14.6. The number of carboxylic acids is 1. The van der Waals surface area contributed by atoms with E-state index in [1.165, 1.54) is 4.90 Å². The third-order valence-electron chi connectivity index (χ3n) is 7.58. The number of hydrogen-bond donors (Lipinski definition) is 2. The molecule has 224 valence electrons. The Bertz CT molecular complexity index is 1500. The molecule has 1 saturated heterocycles. The molecule has 3 aliphatic rings. The Morgan fingerprint density at radius 2 is 1.35 bits per heavy atom. The molecule has 0 aromatic heterocycles. The summed E-state index contributed by atoms with van der Waals surface area (Å²) in [6.07, 6.45) is 5.88. The van der Waals surface area contributed by atoms with Crippen molar-refractivity contribution in [2.45, 2.75) is 22.6 Å². The average Bonchev–Trinajstić information content (AvgIpc) is 3.05. The van der Waals surface area contributed by atoms with E-state index in [9.17, 15) is 9.59 Å². The number of fused-ring (bicyclic) bond motifs is 2. The number of halogens is 1. The predicted molar refractivity (Wildman–Crippen MR) is 180 cm³/mol. The number of carbonyl (C=O) groups excluding carboxylic acids is 1. The number of nitrogens with one attached hydrogen (secondary N) is 1. The minimum absolute atomic E-state index is 0.0744. The fourth-order valence-electron chi connectivity index (χ4n) is 5.18. The van der Waals surface area contributed by atoms with Crippen molar-refractivity contribution < 1.29 is 14.7 Å². The lowest BCUT2D eigenvalue weighted by atomic mass is 10.1. The average molecular weight is 634 g/mol. The number of carbonyl (C=O) groups is 2. The largest absolute Gasteiger partial charge is 0.478 e.